The van der Waals surface area contributed by atoms with E-state index in [-0.39, 0.29) is 19.1 Å². The molecule has 162 valence electrons. The lowest BCUT2D eigenvalue weighted by Gasteiger charge is -2.37. The molecule has 0 spiro atoms. The number of rotatable bonds is 5. The lowest BCUT2D eigenvalue weighted by molar-refractivity contribution is -0.181. The fourth-order valence-corrected chi connectivity index (χ4v) is 4.56. The molecule has 0 amide bonds. The Labute approximate surface area is 181 Å². The molecule has 1 saturated heterocycles. The molecule has 0 radical (unpaired) electrons. The highest BCUT2D eigenvalue weighted by Gasteiger charge is 2.40. The molecule has 3 N–H and O–H groups in total. The van der Waals surface area contributed by atoms with Crippen LogP contribution in [0.15, 0.2) is 30.3 Å². The van der Waals surface area contributed by atoms with E-state index in [1.807, 2.05) is 37.3 Å². The third-order valence-electron chi connectivity index (χ3n) is 5.87. The van der Waals surface area contributed by atoms with Crippen molar-refractivity contribution in [1.29, 1.82) is 0 Å². The average molecular weight is 435 g/mol. The Kier molecular flexibility index (Phi) is 6.23. The van der Waals surface area contributed by atoms with Gasteiger partial charge in [-0.25, -0.2) is 0 Å². The lowest BCUT2D eigenvalue weighted by atomic mass is 9.90. The van der Waals surface area contributed by atoms with Gasteiger partial charge >= 0.3 is 0 Å². The van der Waals surface area contributed by atoms with Crippen molar-refractivity contribution in [3.05, 3.63) is 57.6 Å². The molecular formula is C23H27ClO6. The van der Waals surface area contributed by atoms with Crippen molar-refractivity contribution in [2.75, 3.05) is 13.7 Å². The fraction of sp³-hybridized carbons (Fsp3) is 0.478. The van der Waals surface area contributed by atoms with Gasteiger partial charge in [0.15, 0.2) is 0 Å². The van der Waals surface area contributed by atoms with E-state index in [1.54, 1.807) is 7.11 Å². The van der Waals surface area contributed by atoms with Crippen LogP contribution in [0, 0.1) is 0 Å². The quantitative estimate of drug-likeness (QED) is 0.670. The summed E-state index contributed by atoms with van der Waals surface area (Å²) in [6.45, 7) is 1.61. The van der Waals surface area contributed by atoms with E-state index < -0.39 is 24.4 Å². The van der Waals surface area contributed by atoms with Crippen LogP contribution < -0.4 is 9.47 Å². The predicted molar refractivity (Wildman–Crippen MR) is 112 cm³/mol. The van der Waals surface area contributed by atoms with Gasteiger partial charge in [0.2, 0.25) is 0 Å². The van der Waals surface area contributed by atoms with Crippen molar-refractivity contribution in [2.24, 2.45) is 0 Å². The van der Waals surface area contributed by atoms with E-state index in [4.69, 9.17) is 25.8 Å². The number of aliphatic hydroxyl groups is 3. The van der Waals surface area contributed by atoms with E-state index in [0.29, 0.717) is 23.6 Å². The van der Waals surface area contributed by atoms with E-state index in [2.05, 4.69) is 0 Å². The van der Waals surface area contributed by atoms with Crippen LogP contribution in [0.2, 0.25) is 5.02 Å². The Morgan fingerprint density at radius 1 is 1.20 bits per heavy atom. The number of hydrogen-bond acceptors (Lipinski definition) is 6. The molecule has 4 unspecified atom stereocenters. The first kappa shape index (κ1) is 21.4. The van der Waals surface area contributed by atoms with Gasteiger partial charge in [-0.2, -0.15) is 0 Å². The maximum Gasteiger partial charge on any atom is 0.130 e. The molecule has 2 aromatic rings. The van der Waals surface area contributed by atoms with Crippen LogP contribution in [0.4, 0.5) is 0 Å². The Balaban J connectivity index is 1.71. The zero-order chi connectivity index (χ0) is 21.4. The first-order valence-corrected chi connectivity index (χ1v) is 10.5. The maximum atomic E-state index is 10.3. The molecule has 0 saturated carbocycles. The second-order valence-electron chi connectivity index (χ2n) is 8.04. The molecule has 0 bridgehead atoms. The van der Waals surface area contributed by atoms with E-state index in [9.17, 15) is 15.3 Å². The first-order valence-electron chi connectivity index (χ1n) is 10.2. The highest BCUT2D eigenvalue weighted by molar-refractivity contribution is 6.32. The van der Waals surface area contributed by atoms with Gasteiger partial charge in [0.1, 0.15) is 29.8 Å². The molecule has 7 heteroatoms. The summed E-state index contributed by atoms with van der Waals surface area (Å²) in [5, 5.41) is 30.6. The minimum Gasteiger partial charge on any atom is -0.497 e. The van der Waals surface area contributed by atoms with Crippen LogP contribution in [0.5, 0.6) is 11.5 Å². The van der Waals surface area contributed by atoms with E-state index >= 15 is 0 Å². The highest BCUT2D eigenvalue weighted by Crippen LogP contribution is 2.46. The first-order chi connectivity index (χ1) is 14.4. The summed E-state index contributed by atoms with van der Waals surface area (Å²) >= 11 is 6.77. The van der Waals surface area contributed by atoms with Gasteiger partial charge in [0, 0.05) is 24.0 Å². The second-order valence-corrected chi connectivity index (χ2v) is 8.42. The summed E-state index contributed by atoms with van der Waals surface area (Å²) in [4.78, 5) is 0. The second kappa shape index (κ2) is 8.73. The lowest BCUT2D eigenvalue weighted by Crippen LogP contribution is -2.47. The van der Waals surface area contributed by atoms with Crippen molar-refractivity contribution in [1.82, 2.24) is 0 Å². The van der Waals surface area contributed by atoms with Gasteiger partial charge in [-0.05, 0) is 42.7 Å². The zero-order valence-corrected chi connectivity index (χ0v) is 17.8. The van der Waals surface area contributed by atoms with Crippen molar-refractivity contribution in [3.8, 4) is 11.5 Å². The topological polar surface area (TPSA) is 88.4 Å². The number of benzene rings is 2. The standard InChI is InChI=1S/C23H27ClO6/c1-12-7-17-21(24)14(8-13-3-5-15(28-2)6-4-13)9-16(23(17)29-12)19-10-18(26)22(27)20(11-25)30-19/h3-6,9,12,18-20,22,25-27H,7-8,10-11H2,1-2H3/t12?,18?,19?,20?,22-/m0/s1. The summed E-state index contributed by atoms with van der Waals surface area (Å²) in [6, 6.07) is 9.79. The van der Waals surface area contributed by atoms with Crippen LogP contribution in [0.1, 0.15) is 41.7 Å². The zero-order valence-electron chi connectivity index (χ0n) is 17.0. The van der Waals surface area contributed by atoms with E-state index in [0.717, 1.165) is 28.0 Å². The monoisotopic (exact) mass is 434 g/mol. The number of hydrogen-bond donors (Lipinski definition) is 3. The molecule has 6 nitrogen and oxygen atoms in total. The molecule has 2 aromatic carbocycles. The maximum absolute atomic E-state index is 10.3. The number of halogens is 1. The Hall–Kier alpha value is -1.83. The minimum absolute atomic E-state index is 0.0137. The van der Waals surface area contributed by atoms with Gasteiger partial charge in [-0.15, -0.1) is 0 Å². The van der Waals surface area contributed by atoms with Gasteiger partial charge < -0.3 is 29.5 Å². The average Bonchev–Trinajstić information content (AvgIpc) is 3.14. The number of aliphatic hydroxyl groups excluding tert-OH is 3. The van der Waals surface area contributed by atoms with Gasteiger partial charge in [0.25, 0.3) is 0 Å². The summed E-state index contributed by atoms with van der Waals surface area (Å²) in [5.74, 6) is 1.48. The number of ether oxygens (including phenoxy) is 3. The smallest absolute Gasteiger partial charge is 0.130 e. The summed E-state index contributed by atoms with van der Waals surface area (Å²) in [6.07, 6.45) is -1.95. The molecule has 4 rings (SSSR count). The normalized spacial score (nSPS) is 28.1. The van der Waals surface area contributed by atoms with Crippen molar-refractivity contribution in [3.63, 3.8) is 0 Å². The predicted octanol–water partition coefficient (Wildman–Crippen LogP) is 2.81. The largest absolute Gasteiger partial charge is 0.497 e. The van der Waals surface area contributed by atoms with Gasteiger partial charge in [-0.3, -0.25) is 0 Å². The van der Waals surface area contributed by atoms with Crippen LogP contribution in [-0.2, 0) is 17.6 Å². The Bertz CT molecular complexity index is 900. The Morgan fingerprint density at radius 2 is 1.93 bits per heavy atom. The van der Waals surface area contributed by atoms with E-state index in [1.165, 1.54) is 0 Å². The molecule has 0 aliphatic carbocycles. The summed E-state index contributed by atoms with van der Waals surface area (Å²) in [5.41, 5.74) is 3.77. The van der Waals surface area contributed by atoms with Gasteiger partial charge in [0.05, 0.1) is 30.9 Å². The summed E-state index contributed by atoms with van der Waals surface area (Å²) < 4.78 is 17.2. The Morgan fingerprint density at radius 3 is 2.60 bits per heavy atom. The molecule has 2 heterocycles. The van der Waals surface area contributed by atoms with Crippen molar-refractivity contribution >= 4 is 11.6 Å². The molecule has 2 aliphatic heterocycles. The number of fused-ring (bicyclic) bond motifs is 1. The molecule has 2 aliphatic rings. The third-order valence-corrected chi connectivity index (χ3v) is 6.34. The van der Waals surface area contributed by atoms with Crippen LogP contribution >= 0.6 is 11.6 Å². The molecule has 1 fully saturated rings. The van der Waals surface area contributed by atoms with Gasteiger partial charge in [-0.1, -0.05) is 23.7 Å². The molecular weight excluding hydrogens is 408 g/mol. The third kappa shape index (κ3) is 4.03. The van der Waals surface area contributed by atoms with Crippen LogP contribution in [0.3, 0.4) is 0 Å². The number of methoxy groups -OCH3 is 1. The van der Waals surface area contributed by atoms with Crippen molar-refractivity contribution in [2.45, 2.75) is 56.7 Å². The summed E-state index contributed by atoms with van der Waals surface area (Å²) in [7, 11) is 1.63. The minimum atomic E-state index is -1.12. The molecule has 5 atom stereocenters. The molecule has 0 aromatic heterocycles. The van der Waals surface area contributed by atoms with Crippen molar-refractivity contribution < 1.29 is 29.5 Å². The SMILES string of the molecule is COc1ccc(Cc2cc(C3CC(O)[C@H](O)C(CO)O3)c3c(c2Cl)CC(C)O3)cc1. The van der Waals surface area contributed by atoms with Crippen LogP contribution in [0.25, 0.3) is 0 Å². The highest BCUT2D eigenvalue weighted by atomic mass is 35.5. The molecule has 30 heavy (non-hydrogen) atoms. The van der Waals surface area contributed by atoms with Crippen LogP contribution in [-0.4, -0.2) is 53.5 Å². The fourth-order valence-electron chi connectivity index (χ4n) is 4.27.